The van der Waals surface area contributed by atoms with Crippen LogP contribution in [0.15, 0.2) is 53.6 Å². The summed E-state index contributed by atoms with van der Waals surface area (Å²) in [7, 11) is 0. The number of aromatic nitrogens is 3. The van der Waals surface area contributed by atoms with Crippen LogP contribution in [0, 0.1) is 12.7 Å². The van der Waals surface area contributed by atoms with Crippen LogP contribution in [0.4, 0.5) is 4.39 Å². The molecule has 0 spiro atoms. The van der Waals surface area contributed by atoms with Crippen LogP contribution in [0.3, 0.4) is 0 Å². The van der Waals surface area contributed by atoms with Gasteiger partial charge in [0, 0.05) is 29.3 Å². The van der Waals surface area contributed by atoms with Gasteiger partial charge in [-0.1, -0.05) is 18.2 Å². The van der Waals surface area contributed by atoms with Crippen LogP contribution in [-0.4, -0.2) is 15.0 Å². The standard InChI is InChI=1S/C19H14FN3OS/c1-11-16(13-4-6-14(20)7-5-13)17-18(24)22-15(23-19(17)25-11)9-12-3-2-8-21-10-12/h2-8,10H,9H2,1H3,(H,22,23,24). The number of fused-ring (bicyclic) bond motifs is 1. The summed E-state index contributed by atoms with van der Waals surface area (Å²) in [4.78, 5) is 25.9. The Kier molecular flexibility index (Phi) is 3.89. The van der Waals surface area contributed by atoms with E-state index in [0.717, 1.165) is 21.6 Å². The molecular formula is C19H14FN3OS. The highest BCUT2D eigenvalue weighted by molar-refractivity contribution is 7.19. The SMILES string of the molecule is Cc1sc2nc(Cc3cccnc3)[nH]c(=O)c2c1-c1ccc(F)cc1. The van der Waals surface area contributed by atoms with Gasteiger partial charge in [0.2, 0.25) is 0 Å². The third-order valence-corrected chi connectivity index (χ3v) is 5.01. The van der Waals surface area contributed by atoms with Gasteiger partial charge >= 0.3 is 0 Å². The van der Waals surface area contributed by atoms with Crippen molar-refractivity contribution in [1.29, 1.82) is 0 Å². The molecule has 0 unspecified atom stereocenters. The number of rotatable bonds is 3. The quantitative estimate of drug-likeness (QED) is 0.605. The molecule has 6 heteroatoms. The number of pyridine rings is 1. The molecule has 4 rings (SSSR count). The molecule has 0 aliphatic rings. The van der Waals surface area contributed by atoms with Crippen molar-refractivity contribution in [1.82, 2.24) is 15.0 Å². The Balaban J connectivity index is 1.84. The van der Waals surface area contributed by atoms with Crippen LogP contribution in [0.2, 0.25) is 0 Å². The largest absolute Gasteiger partial charge is 0.310 e. The van der Waals surface area contributed by atoms with E-state index in [-0.39, 0.29) is 11.4 Å². The number of hydrogen-bond acceptors (Lipinski definition) is 4. The summed E-state index contributed by atoms with van der Waals surface area (Å²) in [5.41, 5.74) is 2.45. The van der Waals surface area contributed by atoms with Crippen molar-refractivity contribution in [2.24, 2.45) is 0 Å². The number of aryl methyl sites for hydroxylation is 1. The molecule has 0 fully saturated rings. The Morgan fingerprint density at radius 1 is 1.20 bits per heavy atom. The summed E-state index contributed by atoms with van der Waals surface area (Å²) in [6.07, 6.45) is 3.98. The number of halogens is 1. The van der Waals surface area contributed by atoms with Gasteiger partial charge in [0.1, 0.15) is 16.5 Å². The van der Waals surface area contributed by atoms with Crippen LogP contribution >= 0.6 is 11.3 Å². The third kappa shape index (κ3) is 2.96. The second-order valence-electron chi connectivity index (χ2n) is 5.77. The van der Waals surface area contributed by atoms with E-state index in [9.17, 15) is 9.18 Å². The minimum Gasteiger partial charge on any atom is -0.310 e. The molecule has 0 atom stereocenters. The van der Waals surface area contributed by atoms with Crippen molar-refractivity contribution < 1.29 is 4.39 Å². The Hall–Kier alpha value is -2.86. The minimum absolute atomic E-state index is 0.174. The number of H-pyrrole nitrogens is 1. The van der Waals surface area contributed by atoms with Gasteiger partial charge in [-0.15, -0.1) is 11.3 Å². The molecule has 4 aromatic rings. The maximum absolute atomic E-state index is 13.2. The Morgan fingerprint density at radius 2 is 2.00 bits per heavy atom. The number of benzene rings is 1. The highest BCUT2D eigenvalue weighted by atomic mass is 32.1. The maximum atomic E-state index is 13.2. The molecule has 1 aromatic carbocycles. The number of nitrogens with zero attached hydrogens (tertiary/aromatic N) is 2. The van der Waals surface area contributed by atoms with E-state index in [0.29, 0.717) is 22.5 Å². The third-order valence-electron chi connectivity index (χ3n) is 4.01. The number of aromatic amines is 1. The predicted octanol–water partition coefficient (Wildman–Crippen LogP) is 4.08. The second kappa shape index (κ2) is 6.22. The van der Waals surface area contributed by atoms with Gasteiger partial charge in [-0.25, -0.2) is 9.37 Å². The molecule has 0 radical (unpaired) electrons. The first kappa shape index (κ1) is 15.7. The lowest BCUT2D eigenvalue weighted by molar-refractivity contribution is 0.628. The minimum atomic E-state index is -0.299. The molecule has 0 aliphatic heterocycles. The van der Waals surface area contributed by atoms with Gasteiger partial charge in [0.15, 0.2) is 0 Å². The molecule has 0 saturated carbocycles. The van der Waals surface area contributed by atoms with Crippen molar-refractivity contribution in [2.75, 3.05) is 0 Å². The van der Waals surface area contributed by atoms with Gasteiger partial charge in [0.05, 0.1) is 5.39 Å². The topological polar surface area (TPSA) is 58.6 Å². The van der Waals surface area contributed by atoms with Gasteiger partial charge < -0.3 is 4.98 Å². The average molecular weight is 351 g/mol. The van der Waals surface area contributed by atoms with E-state index in [1.54, 1.807) is 24.5 Å². The smallest absolute Gasteiger partial charge is 0.260 e. The van der Waals surface area contributed by atoms with Gasteiger partial charge in [-0.05, 0) is 36.2 Å². The zero-order valence-corrected chi connectivity index (χ0v) is 14.2. The van der Waals surface area contributed by atoms with E-state index >= 15 is 0 Å². The van der Waals surface area contributed by atoms with E-state index in [1.165, 1.54) is 23.5 Å². The fourth-order valence-electron chi connectivity index (χ4n) is 2.91. The molecule has 3 heterocycles. The van der Waals surface area contributed by atoms with Crippen LogP contribution in [0.1, 0.15) is 16.3 Å². The van der Waals surface area contributed by atoms with Gasteiger partial charge in [-0.3, -0.25) is 9.78 Å². The van der Waals surface area contributed by atoms with Crippen LogP contribution in [-0.2, 0) is 6.42 Å². The first-order valence-corrected chi connectivity index (χ1v) is 8.60. The van der Waals surface area contributed by atoms with Crippen molar-refractivity contribution in [2.45, 2.75) is 13.3 Å². The van der Waals surface area contributed by atoms with E-state index in [2.05, 4.69) is 15.0 Å². The summed E-state index contributed by atoms with van der Waals surface area (Å²) in [6, 6.07) is 9.97. The molecule has 0 bridgehead atoms. The van der Waals surface area contributed by atoms with Crippen molar-refractivity contribution in [3.63, 3.8) is 0 Å². The Labute approximate surface area is 147 Å². The van der Waals surface area contributed by atoms with Gasteiger partial charge in [-0.2, -0.15) is 0 Å². The average Bonchev–Trinajstić information content (AvgIpc) is 2.93. The fraction of sp³-hybridized carbons (Fsp3) is 0.105. The lowest BCUT2D eigenvalue weighted by Crippen LogP contribution is -2.11. The molecular weight excluding hydrogens is 337 g/mol. The molecule has 1 N–H and O–H groups in total. The zero-order valence-electron chi connectivity index (χ0n) is 13.4. The predicted molar refractivity (Wildman–Crippen MR) is 97.4 cm³/mol. The van der Waals surface area contributed by atoms with Crippen molar-refractivity contribution in [3.05, 3.63) is 81.2 Å². The summed E-state index contributed by atoms with van der Waals surface area (Å²) >= 11 is 1.48. The van der Waals surface area contributed by atoms with Crippen LogP contribution in [0.5, 0.6) is 0 Å². The number of nitrogens with one attached hydrogen (secondary N) is 1. The summed E-state index contributed by atoms with van der Waals surface area (Å²) in [5, 5.41) is 0.559. The summed E-state index contributed by atoms with van der Waals surface area (Å²) < 4.78 is 13.2. The number of thiophene rings is 1. The Morgan fingerprint density at radius 3 is 2.72 bits per heavy atom. The molecule has 124 valence electrons. The van der Waals surface area contributed by atoms with Crippen molar-refractivity contribution >= 4 is 21.6 Å². The van der Waals surface area contributed by atoms with Crippen LogP contribution < -0.4 is 5.56 Å². The van der Waals surface area contributed by atoms with E-state index in [1.807, 2.05) is 19.1 Å². The molecule has 3 aromatic heterocycles. The lowest BCUT2D eigenvalue weighted by Gasteiger charge is -2.03. The molecule has 0 amide bonds. The summed E-state index contributed by atoms with van der Waals surface area (Å²) in [5.74, 6) is 0.309. The lowest BCUT2D eigenvalue weighted by atomic mass is 10.0. The van der Waals surface area contributed by atoms with Gasteiger partial charge in [0.25, 0.3) is 5.56 Å². The van der Waals surface area contributed by atoms with Crippen molar-refractivity contribution in [3.8, 4) is 11.1 Å². The highest BCUT2D eigenvalue weighted by Gasteiger charge is 2.16. The first-order chi connectivity index (χ1) is 12.1. The van der Waals surface area contributed by atoms with E-state index < -0.39 is 0 Å². The molecule has 4 nitrogen and oxygen atoms in total. The molecule has 0 saturated heterocycles. The second-order valence-corrected chi connectivity index (χ2v) is 6.97. The first-order valence-electron chi connectivity index (χ1n) is 7.79. The number of hydrogen-bond donors (Lipinski definition) is 1. The normalized spacial score (nSPS) is 11.1. The van der Waals surface area contributed by atoms with Crippen LogP contribution in [0.25, 0.3) is 21.3 Å². The Bertz CT molecular complexity index is 1100. The monoisotopic (exact) mass is 351 g/mol. The molecule has 25 heavy (non-hydrogen) atoms. The summed E-state index contributed by atoms with van der Waals surface area (Å²) in [6.45, 7) is 1.95. The molecule has 0 aliphatic carbocycles. The highest BCUT2D eigenvalue weighted by Crippen LogP contribution is 2.35. The zero-order chi connectivity index (χ0) is 17.4. The van der Waals surface area contributed by atoms with E-state index in [4.69, 9.17) is 0 Å². The fourth-order valence-corrected chi connectivity index (χ4v) is 3.97. The maximum Gasteiger partial charge on any atom is 0.260 e.